The van der Waals surface area contributed by atoms with Crippen molar-refractivity contribution in [3.05, 3.63) is 59.0 Å². The number of hydrogen-bond donors (Lipinski definition) is 3. The molecule has 30 heavy (non-hydrogen) atoms. The lowest BCUT2D eigenvalue weighted by atomic mass is 9.61. The average Bonchev–Trinajstić information content (AvgIpc) is 3.26. The van der Waals surface area contributed by atoms with E-state index in [0.29, 0.717) is 11.8 Å². The average molecular weight is 403 g/mol. The van der Waals surface area contributed by atoms with E-state index in [4.69, 9.17) is 0 Å². The first-order valence-corrected chi connectivity index (χ1v) is 11.5. The number of rotatable bonds is 1. The molecule has 4 aliphatic rings. The Morgan fingerprint density at radius 2 is 2.07 bits per heavy atom. The molecule has 2 aromatic rings. The van der Waals surface area contributed by atoms with Crippen molar-refractivity contribution in [2.24, 2.45) is 17.3 Å². The van der Waals surface area contributed by atoms with Crippen LogP contribution in [0.4, 0.5) is 0 Å². The molecule has 0 amide bonds. The molecule has 4 heteroatoms. The maximum absolute atomic E-state index is 11.3. The fourth-order valence-corrected chi connectivity index (χ4v) is 6.84. The Kier molecular flexibility index (Phi) is 4.13. The van der Waals surface area contributed by atoms with Gasteiger partial charge in [0.05, 0.1) is 29.6 Å². The zero-order chi connectivity index (χ0) is 20.5. The van der Waals surface area contributed by atoms with Crippen LogP contribution in [0.2, 0.25) is 0 Å². The molecule has 0 spiro atoms. The SMILES string of the molecule is CC12CC(O)C3=C(CCC4CCC(O)CC4=C3)C1CC=C2c1ccc2nc[nH]c2c1. The van der Waals surface area contributed by atoms with E-state index in [-0.39, 0.29) is 11.5 Å². The number of nitrogens with one attached hydrogen (secondary N) is 1. The van der Waals surface area contributed by atoms with E-state index in [0.717, 1.165) is 56.0 Å². The predicted molar refractivity (Wildman–Crippen MR) is 119 cm³/mol. The van der Waals surface area contributed by atoms with Crippen molar-refractivity contribution in [3.8, 4) is 0 Å². The van der Waals surface area contributed by atoms with Crippen LogP contribution in [0.15, 0.2) is 53.4 Å². The lowest BCUT2D eigenvalue weighted by Gasteiger charge is -2.43. The summed E-state index contributed by atoms with van der Waals surface area (Å²) in [5.41, 5.74) is 8.66. The molecule has 5 atom stereocenters. The number of aliphatic hydroxyl groups is 2. The van der Waals surface area contributed by atoms with Gasteiger partial charge in [0.15, 0.2) is 0 Å². The third-order valence-electron chi connectivity index (χ3n) is 8.39. The van der Waals surface area contributed by atoms with Gasteiger partial charge in [0.25, 0.3) is 0 Å². The molecule has 1 aromatic carbocycles. The van der Waals surface area contributed by atoms with Crippen molar-refractivity contribution in [1.29, 1.82) is 0 Å². The standard InChI is InChI=1S/C26H30N2O2/c1-26-13-25(30)20-11-17-10-18(29)5-2-15(17)3-6-19(20)22(26)8-7-21(26)16-4-9-23-24(12-16)28-14-27-23/h4,7,9,11-12,14-15,18,22,25,29-30H,2-3,5-6,8,10,13H2,1H3,(H,27,28). The first kappa shape index (κ1) is 18.6. The first-order chi connectivity index (χ1) is 14.5. The molecule has 0 bridgehead atoms. The zero-order valence-electron chi connectivity index (χ0n) is 17.6. The third-order valence-corrected chi connectivity index (χ3v) is 8.39. The summed E-state index contributed by atoms with van der Waals surface area (Å²) in [6.07, 6.45) is 12.6. The number of aromatic amines is 1. The molecule has 3 N–H and O–H groups in total. The Balaban J connectivity index is 1.38. The number of allylic oxidation sites excluding steroid dienone is 3. The summed E-state index contributed by atoms with van der Waals surface area (Å²) in [6, 6.07) is 6.49. The van der Waals surface area contributed by atoms with Gasteiger partial charge in [-0.1, -0.05) is 36.3 Å². The topological polar surface area (TPSA) is 69.1 Å². The quantitative estimate of drug-likeness (QED) is 0.634. The summed E-state index contributed by atoms with van der Waals surface area (Å²) >= 11 is 0. The van der Waals surface area contributed by atoms with Crippen molar-refractivity contribution in [1.82, 2.24) is 9.97 Å². The van der Waals surface area contributed by atoms with E-state index in [1.165, 1.54) is 27.9 Å². The van der Waals surface area contributed by atoms with Gasteiger partial charge in [0.1, 0.15) is 0 Å². The lowest BCUT2D eigenvalue weighted by Crippen LogP contribution is -2.37. The molecule has 1 fully saturated rings. The monoisotopic (exact) mass is 402 g/mol. The molecule has 1 aromatic heterocycles. The van der Waals surface area contributed by atoms with Crippen molar-refractivity contribution in [3.63, 3.8) is 0 Å². The minimum atomic E-state index is -0.427. The fraction of sp³-hybridized carbons (Fsp3) is 0.500. The van der Waals surface area contributed by atoms with Crippen molar-refractivity contribution in [2.45, 2.75) is 64.1 Å². The van der Waals surface area contributed by atoms with Crippen LogP contribution in [0, 0.1) is 17.3 Å². The van der Waals surface area contributed by atoms with Gasteiger partial charge in [0, 0.05) is 5.41 Å². The number of fused-ring (bicyclic) bond motifs is 4. The molecule has 1 saturated carbocycles. The van der Waals surface area contributed by atoms with Crippen LogP contribution in [-0.4, -0.2) is 32.4 Å². The molecular weight excluding hydrogens is 372 g/mol. The van der Waals surface area contributed by atoms with E-state index < -0.39 is 6.10 Å². The van der Waals surface area contributed by atoms with Gasteiger partial charge in [-0.05, 0) is 85.6 Å². The Labute approximate surface area is 177 Å². The number of H-pyrrole nitrogens is 1. The van der Waals surface area contributed by atoms with Gasteiger partial charge in [-0.2, -0.15) is 0 Å². The maximum Gasteiger partial charge on any atom is 0.0931 e. The third kappa shape index (κ3) is 2.70. The number of benzene rings is 1. The highest BCUT2D eigenvalue weighted by Crippen LogP contribution is 2.59. The fourth-order valence-electron chi connectivity index (χ4n) is 6.84. The minimum Gasteiger partial charge on any atom is -0.393 e. The van der Waals surface area contributed by atoms with Gasteiger partial charge in [0.2, 0.25) is 0 Å². The predicted octanol–water partition coefficient (Wildman–Crippen LogP) is 4.91. The summed E-state index contributed by atoms with van der Waals surface area (Å²) in [5, 5.41) is 21.5. The van der Waals surface area contributed by atoms with E-state index in [1.807, 2.05) is 0 Å². The van der Waals surface area contributed by atoms with Crippen molar-refractivity contribution < 1.29 is 10.2 Å². The van der Waals surface area contributed by atoms with E-state index in [9.17, 15) is 10.2 Å². The van der Waals surface area contributed by atoms with E-state index in [1.54, 1.807) is 6.33 Å². The van der Waals surface area contributed by atoms with Crippen molar-refractivity contribution >= 4 is 16.6 Å². The van der Waals surface area contributed by atoms with Crippen LogP contribution in [0.25, 0.3) is 16.6 Å². The molecule has 4 aliphatic carbocycles. The van der Waals surface area contributed by atoms with Crippen LogP contribution >= 0.6 is 0 Å². The highest BCUT2D eigenvalue weighted by Gasteiger charge is 2.49. The molecule has 4 nitrogen and oxygen atoms in total. The van der Waals surface area contributed by atoms with Gasteiger partial charge < -0.3 is 15.2 Å². The van der Waals surface area contributed by atoms with Crippen LogP contribution in [-0.2, 0) is 0 Å². The Hall–Kier alpha value is -2.17. The summed E-state index contributed by atoms with van der Waals surface area (Å²) in [7, 11) is 0. The second kappa shape index (κ2) is 6.66. The van der Waals surface area contributed by atoms with Crippen molar-refractivity contribution in [2.75, 3.05) is 0 Å². The van der Waals surface area contributed by atoms with Crippen LogP contribution < -0.4 is 0 Å². The second-order valence-electron chi connectivity index (χ2n) is 10.0. The summed E-state index contributed by atoms with van der Waals surface area (Å²) in [5.74, 6) is 1.04. The van der Waals surface area contributed by atoms with E-state index >= 15 is 0 Å². The molecule has 5 unspecified atom stereocenters. The Morgan fingerprint density at radius 1 is 1.17 bits per heavy atom. The molecular formula is C26H30N2O2. The lowest BCUT2D eigenvalue weighted by molar-refractivity contribution is 0.124. The molecule has 0 radical (unpaired) electrons. The van der Waals surface area contributed by atoms with Gasteiger partial charge in [-0.25, -0.2) is 4.98 Å². The minimum absolute atomic E-state index is 0.0422. The molecule has 6 rings (SSSR count). The number of imidazole rings is 1. The van der Waals surface area contributed by atoms with Crippen LogP contribution in [0.1, 0.15) is 57.4 Å². The number of aliphatic hydroxyl groups excluding tert-OH is 2. The Bertz CT molecular complexity index is 1110. The molecule has 156 valence electrons. The Morgan fingerprint density at radius 3 is 2.97 bits per heavy atom. The van der Waals surface area contributed by atoms with Crippen LogP contribution in [0.5, 0.6) is 0 Å². The first-order valence-electron chi connectivity index (χ1n) is 11.5. The van der Waals surface area contributed by atoms with Gasteiger partial charge >= 0.3 is 0 Å². The number of nitrogens with zero attached hydrogens (tertiary/aromatic N) is 1. The van der Waals surface area contributed by atoms with Gasteiger partial charge in [-0.3, -0.25) is 0 Å². The highest BCUT2D eigenvalue weighted by atomic mass is 16.3. The maximum atomic E-state index is 11.3. The molecule has 1 heterocycles. The number of hydrogen-bond acceptors (Lipinski definition) is 3. The largest absolute Gasteiger partial charge is 0.393 e. The molecule has 0 saturated heterocycles. The zero-order valence-corrected chi connectivity index (χ0v) is 17.6. The highest BCUT2D eigenvalue weighted by molar-refractivity contribution is 5.83. The number of aromatic nitrogens is 2. The summed E-state index contributed by atoms with van der Waals surface area (Å²) in [6.45, 7) is 2.36. The molecule has 0 aliphatic heterocycles. The smallest absolute Gasteiger partial charge is 0.0931 e. The van der Waals surface area contributed by atoms with E-state index in [2.05, 4.69) is 47.2 Å². The second-order valence-corrected chi connectivity index (χ2v) is 10.0. The van der Waals surface area contributed by atoms with Gasteiger partial charge in [-0.15, -0.1) is 0 Å². The summed E-state index contributed by atoms with van der Waals surface area (Å²) in [4.78, 5) is 7.59. The van der Waals surface area contributed by atoms with Crippen LogP contribution in [0.3, 0.4) is 0 Å². The normalized spacial score (nSPS) is 36.0. The summed E-state index contributed by atoms with van der Waals surface area (Å²) < 4.78 is 0.